The van der Waals surface area contributed by atoms with Crippen LogP contribution in [0, 0.1) is 34.6 Å². The van der Waals surface area contributed by atoms with Crippen molar-refractivity contribution in [3.05, 3.63) is 70.4 Å². The first-order valence-electron chi connectivity index (χ1n) is 11.1. The highest BCUT2D eigenvalue weighted by molar-refractivity contribution is 5.90. The molecule has 2 aromatic carbocycles. The first-order valence-corrected chi connectivity index (χ1v) is 11.1. The van der Waals surface area contributed by atoms with Gasteiger partial charge in [-0.15, -0.1) is 0 Å². The molecule has 2 amide bonds. The summed E-state index contributed by atoms with van der Waals surface area (Å²) >= 11 is 0. The summed E-state index contributed by atoms with van der Waals surface area (Å²) in [5, 5.41) is 3.06. The Balaban J connectivity index is 1.47. The van der Waals surface area contributed by atoms with E-state index >= 15 is 0 Å². The van der Waals surface area contributed by atoms with E-state index in [1.807, 2.05) is 36.9 Å². The maximum Gasteiger partial charge on any atom is 0.321 e. The first-order chi connectivity index (χ1) is 15.3. The summed E-state index contributed by atoms with van der Waals surface area (Å²) in [7, 11) is 0. The number of aryl methyl sites for hydroxylation is 4. The summed E-state index contributed by atoms with van der Waals surface area (Å²) in [4.78, 5) is 26.6. The van der Waals surface area contributed by atoms with Gasteiger partial charge in [-0.05, 0) is 52.3 Å². The fraction of sp³-hybridized carbons (Fsp3) is 0.346. The van der Waals surface area contributed by atoms with Gasteiger partial charge in [-0.2, -0.15) is 0 Å². The molecule has 1 aliphatic rings. The molecule has 0 aliphatic carbocycles. The molecule has 1 aliphatic heterocycles. The highest BCUT2D eigenvalue weighted by atomic mass is 16.2. The number of anilines is 2. The number of piperazine rings is 1. The van der Waals surface area contributed by atoms with Crippen molar-refractivity contribution >= 4 is 17.5 Å². The lowest BCUT2D eigenvalue weighted by atomic mass is 10.1. The van der Waals surface area contributed by atoms with Crippen molar-refractivity contribution in [3.63, 3.8) is 0 Å². The summed E-state index contributed by atoms with van der Waals surface area (Å²) < 4.78 is 0. The SMILES string of the molecule is Cc1cccc(-c2nc(C)c(C)c(N3CCN(C(=O)Nc4ccc(C)cc4C)CC3)n2)c1. The molecule has 1 N–H and O–H groups in total. The summed E-state index contributed by atoms with van der Waals surface area (Å²) in [6, 6.07) is 14.3. The lowest BCUT2D eigenvalue weighted by Gasteiger charge is -2.36. The number of hydrogen-bond acceptors (Lipinski definition) is 4. The van der Waals surface area contributed by atoms with Crippen LogP contribution in [-0.4, -0.2) is 47.1 Å². The van der Waals surface area contributed by atoms with E-state index in [1.54, 1.807) is 0 Å². The molecule has 1 fully saturated rings. The number of hydrogen-bond donors (Lipinski definition) is 1. The second kappa shape index (κ2) is 8.99. The number of carbonyl (C=O) groups is 1. The number of aromatic nitrogens is 2. The minimum atomic E-state index is -0.0485. The highest BCUT2D eigenvalue weighted by Gasteiger charge is 2.24. The Morgan fingerprint density at radius 1 is 0.875 bits per heavy atom. The predicted octanol–water partition coefficient (Wildman–Crippen LogP) is 5.04. The van der Waals surface area contributed by atoms with Crippen LogP contribution in [0.4, 0.5) is 16.3 Å². The molecular formula is C26H31N5O. The maximum absolute atomic E-state index is 12.8. The normalized spacial score (nSPS) is 13.9. The molecule has 3 aromatic rings. The molecule has 0 spiro atoms. The van der Waals surface area contributed by atoms with Gasteiger partial charge in [-0.3, -0.25) is 0 Å². The standard InChI is InChI=1S/C26H31N5O/c1-17-7-6-8-22(16-17)24-27-21(5)20(4)25(29-24)30-11-13-31(14-12-30)26(32)28-23-10-9-18(2)15-19(23)3/h6-10,15-16H,11-14H2,1-5H3,(H,28,32). The van der Waals surface area contributed by atoms with E-state index in [0.29, 0.717) is 13.1 Å². The van der Waals surface area contributed by atoms with Crippen molar-refractivity contribution in [1.29, 1.82) is 0 Å². The van der Waals surface area contributed by atoms with Crippen LogP contribution in [-0.2, 0) is 0 Å². The molecule has 6 nitrogen and oxygen atoms in total. The number of carbonyl (C=O) groups excluding carboxylic acids is 1. The fourth-order valence-corrected chi connectivity index (χ4v) is 4.10. The average molecular weight is 430 g/mol. The zero-order valence-corrected chi connectivity index (χ0v) is 19.6. The van der Waals surface area contributed by atoms with E-state index in [9.17, 15) is 4.79 Å². The molecule has 0 atom stereocenters. The van der Waals surface area contributed by atoms with Gasteiger partial charge in [0.25, 0.3) is 0 Å². The van der Waals surface area contributed by atoms with Crippen molar-refractivity contribution in [2.24, 2.45) is 0 Å². The smallest absolute Gasteiger partial charge is 0.321 e. The Morgan fingerprint density at radius 2 is 1.59 bits per heavy atom. The van der Waals surface area contributed by atoms with Gasteiger partial charge in [0.1, 0.15) is 5.82 Å². The third-order valence-corrected chi connectivity index (χ3v) is 6.13. The second-order valence-electron chi connectivity index (χ2n) is 8.67. The number of amides is 2. The van der Waals surface area contributed by atoms with Crippen LogP contribution in [0.3, 0.4) is 0 Å². The van der Waals surface area contributed by atoms with Gasteiger partial charge < -0.3 is 15.1 Å². The van der Waals surface area contributed by atoms with Crippen LogP contribution in [0.15, 0.2) is 42.5 Å². The minimum Gasteiger partial charge on any atom is -0.353 e. The molecule has 32 heavy (non-hydrogen) atoms. The molecule has 166 valence electrons. The van der Waals surface area contributed by atoms with Crippen molar-refractivity contribution < 1.29 is 4.79 Å². The number of nitrogens with one attached hydrogen (secondary N) is 1. The molecule has 0 bridgehead atoms. The van der Waals surface area contributed by atoms with E-state index in [0.717, 1.165) is 52.8 Å². The van der Waals surface area contributed by atoms with Crippen LogP contribution in [0.2, 0.25) is 0 Å². The number of benzene rings is 2. The van der Waals surface area contributed by atoms with Crippen LogP contribution in [0.25, 0.3) is 11.4 Å². The van der Waals surface area contributed by atoms with Gasteiger partial charge in [0.05, 0.1) is 0 Å². The lowest BCUT2D eigenvalue weighted by molar-refractivity contribution is 0.208. The van der Waals surface area contributed by atoms with Crippen molar-refractivity contribution in [2.75, 3.05) is 36.4 Å². The second-order valence-corrected chi connectivity index (χ2v) is 8.67. The van der Waals surface area contributed by atoms with Crippen LogP contribution >= 0.6 is 0 Å². The Kier molecular flexibility index (Phi) is 6.12. The highest BCUT2D eigenvalue weighted by Crippen LogP contribution is 2.26. The molecule has 1 aromatic heterocycles. The van der Waals surface area contributed by atoms with Gasteiger partial charge in [0.2, 0.25) is 0 Å². The quantitative estimate of drug-likeness (QED) is 0.634. The summed E-state index contributed by atoms with van der Waals surface area (Å²) in [5.41, 5.74) is 7.43. The van der Waals surface area contributed by atoms with E-state index in [4.69, 9.17) is 9.97 Å². The third-order valence-electron chi connectivity index (χ3n) is 6.13. The van der Waals surface area contributed by atoms with Gasteiger partial charge in [-0.25, -0.2) is 14.8 Å². The van der Waals surface area contributed by atoms with Gasteiger partial charge >= 0.3 is 6.03 Å². The summed E-state index contributed by atoms with van der Waals surface area (Å²) in [6.07, 6.45) is 0. The predicted molar refractivity (Wildman–Crippen MR) is 130 cm³/mol. The summed E-state index contributed by atoms with van der Waals surface area (Å²) in [6.45, 7) is 13.0. The fourth-order valence-electron chi connectivity index (χ4n) is 4.10. The Labute approximate surface area is 190 Å². The molecule has 6 heteroatoms. The number of urea groups is 1. The van der Waals surface area contributed by atoms with Crippen LogP contribution in [0.5, 0.6) is 0 Å². The Morgan fingerprint density at radius 3 is 2.28 bits per heavy atom. The topological polar surface area (TPSA) is 61.4 Å². The van der Waals surface area contributed by atoms with Crippen molar-refractivity contribution in [3.8, 4) is 11.4 Å². The molecular weight excluding hydrogens is 398 g/mol. The average Bonchev–Trinajstić information content (AvgIpc) is 2.77. The summed E-state index contributed by atoms with van der Waals surface area (Å²) in [5.74, 6) is 1.71. The monoisotopic (exact) mass is 429 g/mol. The molecule has 0 radical (unpaired) electrons. The molecule has 2 heterocycles. The molecule has 0 saturated carbocycles. The largest absolute Gasteiger partial charge is 0.353 e. The van der Waals surface area contributed by atoms with E-state index in [2.05, 4.69) is 55.3 Å². The van der Waals surface area contributed by atoms with Gasteiger partial charge in [0, 0.05) is 48.7 Å². The van der Waals surface area contributed by atoms with Crippen LogP contribution < -0.4 is 10.2 Å². The Hall–Kier alpha value is -3.41. The maximum atomic E-state index is 12.8. The van der Waals surface area contributed by atoms with Crippen molar-refractivity contribution in [1.82, 2.24) is 14.9 Å². The Bertz CT molecular complexity index is 1150. The zero-order chi connectivity index (χ0) is 22.8. The van der Waals surface area contributed by atoms with Gasteiger partial charge in [-0.1, -0.05) is 41.5 Å². The van der Waals surface area contributed by atoms with E-state index in [1.165, 1.54) is 11.1 Å². The number of nitrogens with zero attached hydrogens (tertiary/aromatic N) is 4. The number of rotatable bonds is 3. The molecule has 4 rings (SSSR count). The van der Waals surface area contributed by atoms with Gasteiger partial charge in [0.15, 0.2) is 5.82 Å². The zero-order valence-electron chi connectivity index (χ0n) is 19.6. The van der Waals surface area contributed by atoms with Crippen molar-refractivity contribution in [2.45, 2.75) is 34.6 Å². The molecule has 0 unspecified atom stereocenters. The van der Waals surface area contributed by atoms with Crippen LogP contribution in [0.1, 0.15) is 27.9 Å². The lowest BCUT2D eigenvalue weighted by Crippen LogP contribution is -2.50. The minimum absolute atomic E-state index is 0.0485. The molecule has 1 saturated heterocycles. The third kappa shape index (κ3) is 4.59. The van der Waals surface area contributed by atoms with E-state index in [-0.39, 0.29) is 6.03 Å². The van der Waals surface area contributed by atoms with E-state index < -0.39 is 0 Å². The first kappa shape index (κ1) is 21.8.